The molecule has 122 valence electrons. The number of hydrogen-bond donors (Lipinski definition) is 1. The number of nitrogens with zero attached hydrogens (tertiary/aromatic N) is 3. The maximum atomic E-state index is 12.4. The lowest BCUT2D eigenvalue weighted by atomic mass is 9.78. The van der Waals surface area contributed by atoms with Gasteiger partial charge in [-0.15, -0.1) is 5.10 Å². The summed E-state index contributed by atoms with van der Waals surface area (Å²) in [5.41, 5.74) is 0.264. The van der Waals surface area contributed by atoms with Crippen LogP contribution in [0.4, 0.5) is 0 Å². The molecule has 23 heavy (non-hydrogen) atoms. The van der Waals surface area contributed by atoms with Crippen LogP contribution < -0.4 is 10.9 Å². The quantitative estimate of drug-likeness (QED) is 0.936. The summed E-state index contributed by atoms with van der Waals surface area (Å²) in [5.74, 6) is 0.881. The van der Waals surface area contributed by atoms with E-state index in [9.17, 15) is 9.59 Å². The normalized spacial score (nSPS) is 24.5. The Morgan fingerprint density at radius 3 is 2.91 bits per heavy atom. The van der Waals surface area contributed by atoms with Gasteiger partial charge in [0.1, 0.15) is 12.1 Å². The molecule has 1 aromatic carbocycles. The number of benzene rings is 1. The highest BCUT2D eigenvalue weighted by atomic mass is 16.2. The lowest BCUT2D eigenvalue weighted by Gasteiger charge is -2.34. The fraction of sp³-hybridized carbons (Fsp3) is 0.529. The molecule has 0 unspecified atom stereocenters. The van der Waals surface area contributed by atoms with Crippen LogP contribution in [0.2, 0.25) is 0 Å². The van der Waals surface area contributed by atoms with E-state index in [1.54, 1.807) is 24.3 Å². The van der Waals surface area contributed by atoms with Gasteiger partial charge in [0.25, 0.3) is 5.56 Å². The van der Waals surface area contributed by atoms with Gasteiger partial charge in [-0.05, 0) is 30.4 Å². The third-order valence-electron chi connectivity index (χ3n) is 4.98. The van der Waals surface area contributed by atoms with Crippen LogP contribution in [-0.2, 0) is 11.3 Å². The molecule has 0 radical (unpaired) electrons. The summed E-state index contributed by atoms with van der Waals surface area (Å²) in [7, 11) is 0. The lowest BCUT2D eigenvalue weighted by Crippen LogP contribution is -2.45. The van der Waals surface area contributed by atoms with Crippen molar-refractivity contribution < 1.29 is 4.79 Å². The van der Waals surface area contributed by atoms with Crippen LogP contribution in [0, 0.1) is 11.8 Å². The van der Waals surface area contributed by atoms with Crippen LogP contribution in [0.3, 0.4) is 0 Å². The molecule has 0 spiro atoms. The Kier molecular flexibility index (Phi) is 4.41. The Morgan fingerprint density at radius 2 is 2.09 bits per heavy atom. The molecule has 1 heterocycles. The zero-order valence-electron chi connectivity index (χ0n) is 13.5. The van der Waals surface area contributed by atoms with E-state index in [0.29, 0.717) is 22.7 Å². The maximum Gasteiger partial charge on any atom is 0.278 e. The summed E-state index contributed by atoms with van der Waals surface area (Å²) in [6.45, 7) is 4.31. The number of carbonyl (C=O) groups excluding carboxylic acids is 1. The fourth-order valence-electron chi connectivity index (χ4n) is 3.30. The zero-order valence-corrected chi connectivity index (χ0v) is 13.5. The SMILES string of the molecule is C[C@@H]1[C@H](C)CCC[C@H]1NC(=O)Cn1nnc2ccccc2c1=O. The minimum atomic E-state index is -0.282. The number of amides is 1. The average Bonchev–Trinajstić information content (AvgIpc) is 2.55. The monoisotopic (exact) mass is 314 g/mol. The summed E-state index contributed by atoms with van der Waals surface area (Å²) in [6.07, 6.45) is 3.34. The predicted octanol–water partition coefficient (Wildman–Crippen LogP) is 1.73. The predicted molar refractivity (Wildman–Crippen MR) is 87.9 cm³/mol. The van der Waals surface area contributed by atoms with E-state index >= 15 is 0 Å². The molecule has 1 N–H and O–H groups in total. The zero-order chi connectivity index (χ0) is 16.4. The minimum Gasteiger partial charge on any atom is -0.351 e. The van der Waals surface area contributed by atoms with E-state index in [1.807, 2.05) is 0 Å². The van der Waals surface area contributed by atoms with Crippen LogP contribution in [0.15, 0.2) is 29.1 Å². The van der Waals surface area contributed by atoms with Gasteiger partial charge in [0.2, 0.25) is 5.91 Å². The fourth-order valence-corrected chi connectivity index (χ4v) is 3.30. The van der Waals surface area contributed by atoms with Gasteiger partial charge in [-0.3, -0.25) is 9.59 Å². The Morgan fingerprint density at radius 1 is 1.30 bits per heavy atom. The van der Waals surface area contributed by atoms with E-state index in [0.717, 1.165) is 17.5 Å². The van der Waals surface area contributed by atoms with Gasteiger partial charge >= 0.3 is 0 Å². The lowest BCUT2D eigenvalue weighted by molar-refractivity contribution is -0.123. The van der Waals surface area contributed by atoms with Gasteiger partial charge < -0.3 is 5.32 Å². The van der Waals surface area contributed by atoms with Gasteiger partial charge in [-0.25, -0.2) is 4.68 Å². The molecule has 0 aliphatic heterocycles. The smallest absolute Gasteiger partial charge is 0.278 e. The molecule has 1 fully saturated rings. The van der Waals surface area contributed by atoms with Crippen molar-refractivity contribution >= 4 is 16.8 Å². The molecule has 1 aromatic heterocycles. The van der Waals surface area contributed by atoms with Crippen molar-refractivity contribution in [2.24, 2.45) is 11.8 Å². The van der Waals surface area contributed by atoms with Gasteiger partial charge in [0.15, 0.2) is 0 Å². The third kappa shape index (κ3) is 3.25. The molecule has 1 amide bonds. The van der Waals surface area contributed by atoms with Gasteiger partial charge in [0, 0.05) is 6.04 Å². The van der Waals surface area contributed by atoms with Crippen molar-refractivity contribution in [1.82, 2.24) is 20.3 Å². The molecule has 0 saturated heterocycles. The Balaban J connectivity index is 1.73. The number of hydrogen-bond acceptors (Lipinski definition) is 4. The Hall–Kier alpha value is -2.24. The second-order valence-electron chi connectivity index (χ2n) is 6.51. The first kappa shape index (κ1) is 15.6. The van der Waals surface area contributed by atoms with Gasteiger partial charge in [-0.2, -0.15) is 0 Å². The van der Waals surface area contributed by atoms with E-state index in [4.69, 9.17) is 0 Å². The summed E-state index contributed by atoms with van der Waals surface area (Å²) < 4.78 is 1.13. The molecule has 2 aromatic rings. The summed E-state index contributed by atoms with van der Waals surface area (Å²) >= 11 is 0. The summed E-state index contributed by atoms with van der Waals surface area (Å²) in [4.78, 5) is 24.6. The number of rotatable bonds is 3. The molecular weight excluding hydrogens is 292 g/mol. The topological polar surface area (TPSA) is 76.9 Å². The molecule has 6 heteroatoms. The summed E-state index contributed by atoms with van der Waals surface area (Å²) in [6, 6.07) is 7.20. The number of nitrogens with one attached hydrogen (secondary N) is 1. The van der Waals surface area contributed by atoms with E-state index in [1.165, 1.54) is 6.42 Å². The molecule has 1 saturated carbocycles. The second kappa shape index (κ2) is 6.48. The Bertz CT molecular complexity index is 771. The molecule has 3 atom stereocenters. The van der Waals surface area contributed by atoms with E-state index in [-0.39, 0.29) is 24.1 Å². The van der Waals surface area contributed by atoms with Crippen molar-refractivity contribution in [3.8, 4) is 0 Å². The van der Waals surface area contributed by atoms with Crippen molar-refractivity contribution in [3.05, 3.63) is 34.6 Å². The Labute approximate surface area is 134 Å². The second-order valence-corrected chi connectivity index (χ2v) is 6.51. The van der Waals surface area contributed by atoms with Crippen molar-refractivity contribution in [3.63, 3.8) is 0 Å². The van der Waals surface area contributed by atoms with Crippen molar-refractivity contribution in [2.75, 3.05) is 0 Å². The first-order valence-electron chi connectivity index (χ1n) is 8.18. The average molecular weight is 314 g/mol. The van der Waals surface area contributed by atoms with Crippen molar-refractivity contribution in [2.45, 2.75) is 45.7 Å². The third-order valence-corrected chi connectivity index (χ3v) is 4.98. The molecule has 0 bridgehead atoms. The van der Waals surface area contributed by atoms with Gasteiger partial charge in [0.05, 0.1) is 5.39 Å². The largest absolute Gasteiger partial charge is 0.351 e. The van der Waals surface area contributed by atoms with Crippen LogP contribution in [0.25, 0.3) is 10.9 Å². The minimum absolute atomic E-state index is 0.0890. The highest BCUT2D eigenvalue weighted by Gasteiger charge is 2.28. The van der Waals surface area contributed by atoms with E-state index < -0.39 is 0 Å². The summed E-state index contributed by atoms with van der Waals surface area (Å²) in [5, 5.41) is 11.4. The van der Waals surface area contributed by atoms with Crippen LogP contribution in [0.1, 0.15) is 33.1 Å². The van der Waals surface area contributed by atoms with E-state index in [2.05, 4.69) is 29.5 Å². The number of carbonyl (C=O) groups is 1. The molecule has 6 nitrogen and oxygen atoms in total. The number of aromatic nitrogens is 3. The first-order chi connectivity index (χ1) is 11.1. The standard InChI is InChI=1S/C17H22N4O2/c1-11-6-5-9-14(12(11)2)18-16(22)10-21-17(23)13-7-3-4-8-15(13)19-20-21/h3-4,7-8,11-12,14H,5-6,9-10H2,1-2H3,(H,18,22)/t11-,12-,14-/m1/s1. The first-order valence-corrected chi connectivity index (χ1v) is 8.18. The highest BCUT2D eigenvalue weighted by Crippen LogP contribution is 2.29. The number of fused-ring (bicyclic) bond motifs is 1. The van der Waals surface area contributed by atoms with Crippen LogP contribution in [-0.4, -0.2) is 26.9 Å². The highest BCUT2D eigenvalue weighted by molar-refractivity contribution is 5.78. The molecule has 1 aliphatic rings. The van der Waals surface area contributed by atoms with Crippen LogP contribution >= 0.6 is 0 Å². The molecule has 1 aliphatic carbocycles. The molecular formula is C17H22N4O2. The van der Waals surface area contributed by atoms with Gasteiger partial charge in [-0.1, -0.05) is 44.0 Å². The molecule has 3 rings (SSSR count). The maximum absolute atomic E-state index is 12.4. The van der Waals surface area contributed by atoms with Crippen molar-refractivity contribution in [1.29, 1.82) is 0 Å². The van der Waals surface area contributed by atoms with Crippen LogP contribution in [0.5, 0.6) is 0 Å².